The second kappa shape index (κ2) is 8.14. The first kappa shape index (κ1) is 18.0. The minimum atomic E-state index is -0.160. The molecule has 2 heterocycles. The van der Waals surface area contributed by atoms with Gasteiger partial charge in [-0.05, 0) is 24.8 Å². The maximum absolute atomic E-state index is 6.24. The van der Waals surface area contributed by atoms with E-state index in [9.17, 15) is 0 Å². The molecule has 1 saturated heterocycles. The summed E-state index contributed by atoms with van der Waals surface area (Å²) in [6, 6.07) is 31.6. The van der Waals surface area contributed by atoms with E-state index in [0.29, 0.717) is 0 Å². The van der Waals surface area contributed by atoms with E-state index in [1.165, 1.54) is 11.1 Å². The largest absolute Gasteiger partial charge is 0.457 e. The number of nitrogens with zero attached hydrogens (tertiary/aromatic N) is 1. The standard InChI is InChI=1S/C26H25NO2/c1-4-12-20(13-5-1)14-10-11-19-27-23(21-15-6-2-7-16-21)24(28-26-25(27)29-26)22-17-8-3-9-18-22/h1-9,12-13,15-18,25-26H,10-11,14,19H2. The quantitative estimate of drug-likeness (QED) is 0.395. The van der Waals surface area contributed by atoms with Crippen LogP contribution in [0.4, 0.5) is 0 Å². The van der Waals surface area contributed by atoms with E-state index in [1.807, 2.05) is 6.07 Å². The van der Waals surface area contributed by atoms with Gasteiger partial charge in [0.05, 0.1) is 5.70 Å². The average molecular weight is 383 g/mol. The van der Waals surface area contributed by atoms with Crippen molar-refractivity contribution in [1.82, 2.24) is 4.90 Å². The molecule has 3 aromatic carbocycles. The van der Waals surface area contributed by atoms with Crippen LogP contribution < -0.4 is 0 Å². The van der Waals surface area contributed by atoms with Gasteiger partial charge >= 0.3 is 0 Å². The molecule has 3 aromatic rings. The van der Waals surface area contributed by atoms with Gasteiger partial charge in [0.1, 0.15) is 0 Å². The predicted molar refractivity (Wildman–Crippen MR) is 116 cm³/mol. The van der Waals surface area contributed by atoms with E-state index in [0.717, 1.165) is 42.8 Å². The number of ether oxygens (including phenoxy) is 2. The maximum Gasteiger partial charge on any atom is 0.247 e. The van der Waals surface area contributed by atoms with Crippen molar-refractivity contribution in [1.29, 1.82) is 0 Å². The van der Waals surface area contributed by atoms with Crippen LogP contribution in [0.5, 0.6) is 0 Å². The highest BCUT2D eigenvalue weighted by molar-refractivity contribution is 5.87. The van der Waals surface area contributed by atoms with Crippen LogP contribution in [-0.4, -0.2) is 24.0 Å². The van der Waals surface area contributed by atoms with Crippen LogP contribution in [0.3, 0.4) is 0 Å². The molecule has 2 atom stereocenters. The molecule has 0 aliphatic carbocycles. The highest BCUT2D eigenvalue weighted by Crippen LogP contribution is 2.45. The predicted octanol–water partition coefficient (Wildman–Crippen LogP) is 5.55. The van der Waals surface area contributed by atoms with E-state index in [-0.39, 0.29) is 12.5 Å². The zero-order valence-electron chi connectivity index (χ0n) is 16.4. The lowest BCUT2D eigenvalue weighted by molar-refractivity contribution is 0.150. The monoisotopic (exact) mass is 383 g/mol. The van der Waals surface area contributed by atoms with Crippen molar-refractivity contribution in [2.24, 2.45) is 0 Å². The van der Waals surface area contributed by atoms with Gasteiger partial charge in [-0.1, -0.05) is 91.0 Å². The van der Waals surface area contributed by atoms with Gasteiger partial charge in [-0.3, -0.25) is 0 Å². The Kier molecular flexibility index (Phi) is 5.06. The van der Waals surface area contributed by atoms with Crippen LogP contribution in [0.1, 0.15) is 29.5 Å². The zero-order chi connectivity index (χ0) is 19.5. The Labute approximate surface area is 172 Å². The Morgan fingerprint density at radius 3 is 2.00 bits per heavy atom. The Hall–Kier alpha value is -3.04. The summed E-state index contributed by atoms with van der Waals surface area (Å²) >= 11 is 0. The first-order valence-electron chi connectivity index (χ1n) is 10.4. The van der Waals surface area contributed by atoms with E-state index in [1.54, 1.807) is 0 Å². The minimum Gasteiger partial charge on any atom is -0.457 e. The molecule has 5 rings (SSSR count). The molecule has 0 spiro atoms. The summed E-state index contributed by atoms with van der Waals surface area (Å²) in [6.45, 7) is 0.956. The Morgan fingerprint density at radius 2 is 1.31 bits per heavy atom. The van der Waals surface area contributed by atoms with Crippen LogP contribution >= 0.6 is 0 Å². The number of hydrogen-bond donors (Lipinski definition) is 0. The molecule has 2 unspecified atom stereocenters. The molecule has 2 aliphatic heterocycles. The number of epoxide rings is 1. The molecule has 0 radical (unpaired) electrons. The fourth-order valence-electron chi connectivity index (χ4n) is 4.01. The molecule has 3 nitrogen and oxygen atoms in total. The second-order valence-corrected chi connectivity index (χ2v) is 7.56. The van der Waals surface area contributed by atoms with Crippen molar-refractivity contribution < 1.29 is 9.47 Å². The lowest BCUT2D eigenvalue weighted by Gasteiger charge is -2.31. The number of unbranched alkanes of at least 4 members (excludes halogenated alkanes) is 1. The van der Waals surface area contributed by atoms with E-state index in [4.69, 9.17) is 9.47 Å². The summed E-state index contributed by atoms with van der Waals surface area (Å²) in [5.41, 5.74) is 4.80. The summed E-state index contributed by atoms with van der Waals surface area (Å²) < 4.78 is 12.1. The summed E-state index contributed by atoms with van der Waals surface area (Å²) in [5, 5.41) is 0. The van der Waals surface area contributed by atoms with Gasteiger partial charge in [0, 0.05) is 17.7 Å². The van der Waals surface area contributed by atoms with Crippen LogP contribution in [-0.2, 0) is 15.9 Å². The molecular formula is C26H25NO2. The lowest BCUT2D eigenvalue weighted by atomic mass is 10.0. The Balaban J connectivity index is 1.40. The highest BCUT2D eigenvalue weighted by Gasteiger charge is 2.51. The van der Waals surface area contributed by atoms with Gasteiger partial charge in [-0.25, -0.2) is 0 Å². The number of benzene rings is 3. The van der Waals surface area contributed by atoms with Crippen molar-refractivity contribution in [2.75, 3.05) is 6.54 Å². The third kappa shape index (κ3) is 3.92. The Bertz CT molecular complexity index is 969. The number of hydrogen-bond acceptors (Lipinski definition) is 3. The van der Waals surface area contributed by atoms with E-state index >= 15 is 0 Å². The summed E-state index contributed by atoms with van der Waals surface area (Å²) in [6.07, 6.45) is 3.23. The topological polar surface area (TPSA) is 25.0 Å². The SMILES string of the molecule is c1ccc(CCCCN2C(c3ccccc3)=C(c3ccccc3)OC3OC32)cc1. The molecule has 29 heavy (non-hydrogen) atoms. The van der Waals surface area contributed by atoms with Gasteiger partial charge < -0.3 is 14.4 Å². The molecular weight excluding hydrogens is 358 g/mol. The fourth-order valence-corrected chi connectivity index (χ4v) is 4.01. The van der Waals surface area contributed by atoms with E-state index in [2.05, 4.69) is 89.8 Å². The van der Waals surface area contributed by atoms with Crippen molar-refractivity contribution in [3.05, 3.63) is 108 Å². The molecule has 0 bridgehead atoms. The van der Waals surface area contributed by atoms with Crippen molar-refractivity contribution in [2.45, 2.75) is 31.8 Å². The summed E-state index contributed by atoms with van der Waals surface area (Å²) in [4.78, 5) is 2.40. The normalized spacial score (nSPS) is 20.2. The molecule has 2 aliphatic rings. The number of aryl methyl sites for hydroxylation is 1. The molecule has 3 heteroatoms. The maximum atomic E-state index is 6.24. The smallest absolute Gasteiger partial charge is 0.247 e. The van der Waals surface area contributed by atoms with Crippen LogP contribution in [0.15, 0.2) is 91.0 Å². The average Bonchev–Trinajstić information content (AvgIpc) is 3.58. The summed E-state index contributed by atoms with van der Waals surface area (Å²) in [7, 11) is 0. The Morgan fingerprint density at radius 1 is 0.690 bits per heavy atom. The molecule has 0 saturated carbocycles. The third-order valence-electron chi connectivity index (χ3n) is 5.51. The second-order valence-electron chi connectivity index (χ2n) is 7.56. The molecule has 146 valence electrons. The first-order valence-corrected chi connectivity index (χ1v) is 10.4. The third-order valence-corrected chi connectivity index (χ3v) is 5.51. The molecule has 0 amide bonds. The summed E-state index contributed by atoms with van der Waals surface area (Å²) in [5.74, 6) is 0.915. The lowest BCUT2D eigenvalue weighted by Crippen LogP contribution is -2.33. The minimum absolute atomic E-state index is 0.0226. The molecule has 0 aromatic heterocycles. The van der Waals surface area contributed by atoms with Gasteiger partial charge in [0.15, 0.2) is 12.0 Å². The highest BCUT2D eigenvalue weighted by atomic mass is 16.8. The van der Waals surface area contributed by atoms with Crippen LogP contribution in [0, 0.1) is 0 Å². The van der Waals surface area contributed by atoms with Crippen molar-refractivity contribution >= 4 is 11.5 Å². The zero-order valence-corrected chi connectivity index (χ0v) is 16.4. The van der Waals surface area contributed by atoms with Gasteiger partial charge in [-0.15, -0.1) is 0 Å². The number of rotatable bonds is 7. The van der Waals surface area contributed by atoms with Crippen LogP contribution in [0.25, 0.3) is 11.5 Å². The molecule has 1 fully saturated rings. The van der Waals surface area contributed by atoms with E-state index < -0.39 is 0 Å². The van der Waals surface area contributed by atoms with Crippen molar-refractivity contribution in [3.63, 3.8) is 0 Å². The van der Waals surface area contributed by atoms with Crippen molar-refractivity contribution in [3.8, 4) is 0 Å². The first-order chi connectivity index (χ1) is 14.4. The fraction of sp³-hybridized carbons (Fsp3) is 0.231. The van der Waals surface area contributed by atoms with Gasteiger partial charge in [0.2, 0.25) is 6.29 Å². The van der Waals surface area contributed by atoms with Crippen LogP contribution in [0.2, 0.25) is 0 Å². The van der Waals surface area contributed by atoms with Gasteiger partial charge in [-0.2, -0.15) is 0 Å². The van der Waals surface area contributed by atoms with Gasteiger partial charge in [0.25, 0.3) is 0 Å². The number of fused-ring (bicyclic) bond motifs is 1. The molecule has 0 N–H and O–H groups in total.